The lowest BCUT2D eigenvalue weighted by atomic mass is 9.99. The quantitative estimate of drug-likeness (QED) is 0.926. The maximum absolute atomic E-state index is 14.1. The Morgan fingerprint density at radius 1 is 1.55 bits per heavy atom. The topological polar surface area (TPSA) is 32.3 Å². The van der Waals surface area contributed by atoms with E-state index in [1.807, 2.05) is 6.92 Å². The second-order valence-corrected chi connectivity index (χ2v) is 5.69. The first kappa shape index (κ1) is 15.3. The molecule has 0 unspecified atom stereocenters. The highest BCUT2D eigenvalue weighted by atomic mass is 35.5. The third-order valence-electron chi connectivity index (χ3n) is 3.83. The number of benzene rings is 1. The van der Waals surface area contributed by atoms with E-state index in [9.17, 15) is 9.18 Å². The third-order valence-corrected chi connectivity index (χ3v) is 4.12. The molecule has 20 heavy (non-hydrogen) atoms. The highest BCUT2D eigenvalue weighted by Gasteiger charge is 2.26. The fourth-order valence-electron chi connectivity index (χ4n) is 2.65. The van der Waals surface area contributed by atoms with Gasteiger partial charge in [-0.05, 0) is 18.9 Å². The Morgan fingerprint density at radius 2 is 2.30 bits per heavy atom. The Bertz CT molecular complexity index is 495. The van der Waals surface area contributed by atoms with Crippen LogP contribution in [-0.2, 0) is 4.79 Å². The van der Waals surface area contributed by atoms with Gasteiger partial charge in [0.2, 0.25) is 5.91 Å². The number of nitrogens with one attached hydrogen (secondary N) is 1. The molecule has 1 saturated heterocycles. The minimum atomic E-state index is -0.353. The van der Waals surface area contributed by atoms with Crippen LogP contribution in [-0.4, -0.2) is 30.4 Å². The van der Waals surface area contributed by atoms with Crippen LogP contribution in [0.25, 0.3) is 0 Å². The van der Waals surface area contributed by atoms with Gasteiger partial charge in [-0.3, -0.25) is 4.79 Å². The van der Waals surface area contributed by atoms with E-state index < -0.39 is 0 Å². The molecule has 0 aliphatic carbocycles. The maximum atomic E-state index is 14.1. The molecule has 0 radical (unpaired) electrons. The van der Waals surface area contributed by atoms with Gasteiger partial charge < -0.3 is 10.2 Å². The number of carbonyl (C=O) groups excluding carboxylic acids is 1. The van der Waals surface area contributed by atoms with Crippen LogP contribution in [0.15, 0.2) is 18.2 Å². The van der Waals surface area contributed by atoms with Crippen molar-refractivity contribution in [3.63, 3.8) is 0 Å². The van der Waals surface area contributed by atoms with Gasteiger partial charge in [0.1, 0.15) is 5.82 Å². The summed E-state index contributed by atoms with van der Waals surface area (Å²) in [5.41, 5.74) is 0.597. The van der Waals surface area contributed by atoms with Crippen molar-refractivity contribution in [1.29, 1.82) is 0 Å². The zero-order valence-electron chi connectivity index (χ0n) is 11.8. The van der Waals surface area contributed by atoms with Crippen molar-refractivity contribution in [2.24, 2.45) is 0 Å². The van der Waals surface area contributed by atoms with Crippen molar-refractivity contribution in [2.45, 2.75) is 38.3 Å². The molecular weight excluding hydrogens is 279 g/mol. The molecule has 1 heterocycles. The van der Waals surface area contributed by atoms with Gasteiger partial charge in [0, 0.05) is 37.7 Å². The molecule has 2 rings (SSSR count). The molecular formula is C15H20ClFN2O. The van der Waals surface area contributed by atoms with Gasteiger partial charge in [-0.25, -0.2) is 4.39 Å². The van der Waals surface area contributed by atoms with Gasteiger partial charge in [-0.1, -0.05) is 30.7 Å². The highest BCUT2D eigenvalue weighted by Crippen LogP contribution is 2.26. The Morgan fingerprint density at radius 3 is 2.95 bits per heavy atom. The minimum absolute atomic E-state index is 0.0831. The Balaban J connectivity index is 2.09. The standard InChI is InChI=1S/C15H20ClFN2O/c1-3-13(11-5-4-6-12(16)15(11)17)18-10-7-8-14(20)19(2)9-10/h4-6,10,13,18H,3,7-9H2,1-2H3/t10-,13-/m1/s1. The molecule has 110 valence electrons. The van der Waals surface area contributed by atoms with Crippen LogP contribution in [0.4, 0.5) is 4.39 Å². The number of likely N-dealkylation sites (tertiary alicyclic amines) is 1. The van der Waals surface area contributed by atoms with Gasteiger partial charge >= 0.3 is 0 Å². The summed E-state index contributed by atoms with van der Waals surface area (Å²) in [6.07, 6.45) is 2.11. The van der Waals surface area contributed by atoms with Crippen molar-refractivity contribution in [1.82, 2.24) is 10.2 Å². The lowest BCUT2D eigenvalue weighted by molar-refractivity contribution is -0.132. The average molecular weight is 299 g/mol. The van der Waals surface area contributed by atoms with Crippen LogP contribution in [0, 0.1) is 5.82 Å². The first-order valence-corrected chi connectivity index (χ1v) is 7.34. The normalized spacial score (nSPS) is 21.1. The Kier molecular flexibility index (Phi) is 5.00. The Labute approximate surface area is 124 Å². The van der Waals surface area contributed by atoms with E-state index in [0.717, 1.165) is 12.8 Å². The van der Waals surface area contributed by atoms with Crippen LogP contribution in [0.2, 0.25) is 5.02 Å². The summed E-state index contributed by atoms with van der Waals surface area (Å²) >= 11 is 5.84. The summed E-state index contributed by atoms with van der Waals surface area (Å²) in [4.78, 5) is 13.2. The predicted octanol–water partition coefficient (Wildman–Crippen LogP) is 3.14. The first-order chi connectivity index (χ1) is 9.52. The number of amides is 1. The minimum Gasteiger partial charge on any atom is -0.344 e. The summed E-state index contributed by atoms with van der Waals surface area (Å²) in [5, 5.41) is 3.60. The number of halogens is 2. The lowest BCUT2D eigenvalue weighted by Gasteiger charge is -2.33. The molecule has 0 bridgehead atoms. The molecule has 1 aromatic rings. The first-order valence-electron chi connectivity index (χ1n) is 6.96. The van der Waals surface area contributed by atoms with Crippen molar-refractivity contribution >= 4 is 17.5 Å². The molecule has 1 fully saturated rings. The van der Waals surface area contributed by atoms with E-state index in [0.29, 0.717) is 18.5 Å². The van der Waals surface area contributed by atoms with Crippen molar-refractivity contribution < 1.29 is 9.18 Å². The molecule has 2 atom stereocenters. The zero-order chi connectivity index (χ0) is 14.7. The monoisotopic (exact) mass is 298 g/mol. The molecule has 1 amide bonds. The zero-order valence-corrected chi connectivity index (χ0v) is 12.6. The smallest absolute Gasteiger partial charge is 0.222 e. The van der Waals surface area contributed by atoms with E-state index in [2.05, 4.69) is 5.32 Å². The number of nitrogens with zero attached hydrogens (tertiary/aromatic N) is 1. The molecule has 5 heteroatoms. The van der Waals surface area contributed by atoms with E-state index in [4.69, 9.17) is 11.6 Å². The molecule has 0 spiro atoms. The number of hydrogen-bond donors (Lipinski definition) is 1. The average Bonchev–Trinajstić information content (AvgIpc) is 2.43. The lowest BCUT2D eigenvalue weighted by Crippen LogP contribution is -2.47. The molecule has 1 aliphatic rings. The van der Waals surface area contributed by atoms with Crippen molar-refractivity contribution in [2.75, 3.05) is 13.6 Å². The van der Waals surface area contributed by atoms with Gasteiger partial charge in [0.15, 0.2) is 0 Å². The van der Waals surface area contributed by atoms with Gasteiger partial charge in [-0.15, -0.1) is 0 Å². The SMILES string of the molecule is CC[C@@H](N[C@@H]1CCC(=O)N(C)C1)c1cccc(Cl)c1F. The summed E-state index contributed by atoms with van der Waals surface area (Å²) in [7, 11) is 1.80. The summed E-state index contributed by atoms with van der Waals surface area (Å²) in [5.74, 6) is -0.182. The predicted molar refractivity (Wildman–Crippen MR) is 78.2 cm³/mol. The van der Waals surface area contributed by atoms with Crippen molar-refractivity contribution in [3.8, 4) is 0 Å². The number of carbonyl (C=O) groups is 1. The van der Waals surface area contributed by atoms with Gasteiger partial charge in [-0.2, -0.15) is 0 Å². The molecule has 1 N–H and O–H groups in total. The van der Waals surface area contributed by atoms with E-state index in [1.165, 1.54) is 0 Å². The van der Waals surface area contributed by atoms with Crippen LogP contribution >= 0.6 is 11.6 Å². The molecule has 1 aromatic carbocycles. The molecule has 0 aromatic heterocycles. The molecule has 3 nitrogen and oxygen atoms in total. The van der Waals surface area contributed by atoms with Crippen molar-refractivity contribution in [3.05, 3.63) is 34.6 Å². The number of hydrogen-bond acceptors (Lipinski definition) is 2. The second-order valence-electron chi connectivity index (χ2n) is 5.28. The van der Waals surface area contributed by atoms with Crippen LogP contribution in [0.1, 0.15) is 37.8 Å². The van der Waals surface area contributed by atoms with Crippen LogP contribution < -0.4 is 5.32 Å². The third kappa shape index (κ3) is 3.30. The van der Waals surface area contributed by atoms with E-state index >= 15 is 0 Å². The largest absolute Gasteiger partial charge is 0.344 e. The fourth-order valence-corrected chi connectivity index (χ4v) is 2.83. The number of rotatable bonds is 4. The van der Waals surface area contributed by atoms with E-state index in [-0.39, 0.29) is 28.8 Å². The molecule has 1 aliphatic heterocycles. The fraction of sp³-hybridized carbons (Fsp3) is 0.533. The highest BCUT2D eigenvalue weighted by molar-refractivity contribution is 6.30. The van der Waals surface area contributed by atoms with Crippen LogP contribution in [0.3, 0.4) is 0 Å². The second kappa shape index (κ2) is 6.55. The van der Waals surface area contributed by atoms with Gasteiger partial charge in [0.25, 0.3) is 0 Å². The number of likely N-dealkylation sites (N-methyl/N-ethyl adjacent to an activating group) is 1. The van der Waals surface area contributed by atoms with Gasteiger partial charge in [0.05, 0.1) is 5.02 Å². The van der Waals surface area contributed by atoms with E-state index in [1.54, 1.807) is 30.1 Å². The number of piperidine rings is 1. The summed E-state index contributed by atoms with van der Waals surface area (Å²) < 4.78 is 14.1. The summed E-state index contributed by atoms with van der Waals surface area (Å²) in [6, 6.07) is 5.20. The van der Waals surface area contributed by atoms with Crippen LogP contribution in [0.5, 0.6) is 0 Å². The maximum Gasteiger partial charge on any atom is 0.222 e. The Hall–Kier alpha value is -1.13. The summed E-state index contributed by atoms with van der Waals surface area (Å²) in [6.45, 7) is 2.67. The molecule has 0 saturated carbocycles.